The number of nitrogens with zero attached hydrogens (tertiary/aromatic N) is 2. The van der Waals surface area contributed by atoms with Crippen LogP contribution in [0.25, 0.3) is 0 Å². The number of carbonyl (C=O) groups excluding carboxylic acids is 2. The van der Waals surface area contributed by atoms with Gasteiger partial charge in [0.25, 0.3) is 10.0 Å². The van der Waals surface area contributed by atoms with E-state index in [1.54, 1.807) is 69.5 Å². The highest BCUT2D eigenvalue weighted by molar-refractivity contribution is 7.92. The Morgan fingerprint density at radius 1 is 0.974 bits per heavy atom. The zero-order valence-corrected chi connectivity index (χ0v) is 24.0. The molecule has 3 aromatic carbocycles. The molecule has 0 saturated carbocycles. The van der Waals surface area contributed by atoms with Crippen molar-refractivity contribution in [2.24, 2.45) is 0 Å². The molecule has 0 aliphatic heterocycles. The lowest BCUT2D eigenvalue weighted by Gasteiger charge is -2.32. The molecule has 1 N–H and O–H groups in total. The van der Waals surface area contributed by atoms with Gasteiger partial charge in [0, 0.05) is 13.1 Å². The zero-order valence-electron chi connectivity index (χ0n) is 23.2. The van der Waals surface area contributed by atoms with Crippen molar-refractivity contribution < 1.29 is 22.7 Å². The van der Waals surface area contributed by atoms with E-state index in [1.807, 2.05) is 26.0 Å². The lowest BCUT2D eigenvalue weighted by Crippen LogP contribution is -2.51. The van der Waals surface area contributed by atoms with Gasteiger partial charge in [-0.2, -0.15) is 0 Å². The minimum Gasteiger partial charge on any atom is -0.497 e. The van der Waals surface area contributed by atoms with Crippen molar-refractivity contribution in [3.63, 3.8) is 0 Å². The second-order valence-corrected chi connectivity index (χ2v) is 11.3. The Kier molecular flexibility index (Phi) is 10.1. The second-order valence-electron chi connectivity index (χ2n) is 9.45. The molecule has 208 valence electrons. The normalized spacial score (nSPS) is 11.9. The molecular weight excluding hydrogens is 514 g/mol. The molecule has 9 heteroatoms. The van der Waals surface area contributed by atoms with Crippen LogP contribution in [-0.4, -0.2) is 51.4 Å². The molecule has 1 atom stereocenters. The van der Waals surface area contributed by atoms with Gasteiger partial charge in [-0.25, -0.2) is 8.42 Å². The first kappa shape index (κ1) is 29.7. The fourth-order valence-electron chi connectivity index (χ4n) is 4.14. The Bertz CT molecular complexity index is 1390. The fourth-order valence-corrected chi connectivity index (χ4v) is 5.62. The fraction of sp³-hybridized carbons (Fsp3) is 0.333. The van der Waals surface area contributed by atoms with Crippen LogP contribution in [0.2, 0.25) is 0 Å². The quantitative estimate of drug-likeness (QED) is 0.359. The van der Waals surface area contributed by atoms with Gasteiger partial charge in [0.05, 0.1) is 17.7 Å². The van der Waals surface area contributed by atoms with Gasteiger partial charge in [0.2, 0.25) is 11.8 Å². The van der Waals surface area contributed by atoms with E-state index in [0.29, 0.717) is 23.5 Å². The Balaban J connectivity index is 2.03. The van der Waals surface area contributed by atoms with E-state index in [1.165, 1.54) is 17.0 Å². The molecule has 0 bridgehead atoms. The minimum absolute atomic E-state index is 0.0808. The van der Waals surface area contributed by atoms with Gasteiger partial charge in [-0.05, 0) is 68.7 Å². The van der Waals surface area contributed by atoms with Crippen LogP contribution in [0.4, 0.5) is 5.69 Å². The van der Waals surface area contributed by atoms with Gasteiger partial charge in [-0.1, -0.05) is 55.0 Å². The third-order valence-electron chi connectivity index (χ3n) is 6.48. The van der Waals surface area contributed by atoms with Crippen LogP contribution < -0.4 is 14.4 Å². The summed E-state index contributed by atoms with van der Waals surface area (Å²) in [5.41, 5.74) is 2.77. The number of methoxy groups -OCH3 is 1. The van der Waals surface area contributed by atoms with Crippen molar-refractivity contribution in [2.75, 3.05) is 24.5 Å². The first-order valence-corrected chi connectivity index (χ1v) is 14.4. The van der Waals surface area contributed by atoms with Crippen molar-refractivity contribution in [1.82, 2.24) is 10.2 Å². The maximum atomic E-state index is 14.0. The average Bonchev–Trinajstić information content (AvgIpc) is 2.93. The smallest absolute Gasteiger partial charge is 0.264 e. The number of amides is 2. The van der Waals surface area contributed by atoms with Gasteiger partial charge in [0.1, 0.15) is 18.3 Å². The van der Waals surface area contributed by atoms with Crippen LogP contribution in [0.15, 0.2) is 77.7 Å². The molecule has 3 rings (SSSR count). The van der Waals surface area contributed by atoms with E-state index in [4.69, 9.17) is 4.74 Å². The summed E-state index contributed by atoms with van der Waals surface area (Å²) in [6.07, 6.45) is 0.748. The number of benzene rings is 3. The van der Waals surface area contributed by atoms with Crippen LogP contribution in [0, 0.1) is 13.8 Å². The summed E-state index contributed by atoms with van der Waals surface area (Å²) < 4.78 is 34.3. The Morgan fingerprint density at radius 3 is 2.31 bits per heavy atom. The lowest BCUT2D eigenvalue weighted by atomic mass is 10.1. The summed E-state index contributed by atoms with van der Waals surface area (Å²) in [4.78, 5) is 28.4. The molecule has 0 fully saturated rings. The van der Waals surface area contributed by atoms with Gasteiger partial charge >= 0.3 is 0 Å². The molecule has 0 aromatic heterocycles. The van der Waals surface area contributed by atoms with Crippen LogP contribution in [-0.2, 0) is 26.2 Å². The number of rotatable bonds is 12. The first-order valence-electron chi connectivity index (χ1n) is 12.9. The van der Waals surface area contributed by atoms with Gasteiger partial charge < -0.3 is 15.0 Å². The third kappa shape index (κ3) is 7.38. The van der Waals surface area contributed by atoms with Crippen molar-refractivity contribution in [1.29, 1.82) is 0 Å². The van der Waals surface area contributed by atoms with E-state index in [0.717, 1.165) is 21.9 Å². The average molecular weight is 552 g/mol. The predicted octanol–water partition coefficient (Wildman–Crippen LogP) is 4.45. The third-order valence-corrected chi connectivity index (χ3v) is 8.25. The van der Waals surface area contributed by atoms with E-state index in [2.05, 4.69) is 5.32 Å². The van der Waals surface area contributed by atoms with Crippen LogP contribution in [0.3, 0.4) is 0 Å². The summed E-state index contributed by atoms with van der Waals surface area (Å²) in [7, 11) is -2.55. The number of sulfonamides is 1. The van der Waals surface area contributed by atoms with Gasteiger partial charge in [0.15, 0.2) is 0 Å². The van der Waals surface area contributed by atoms with Crippen LogP contribution >= 0.6 is 0 Å². The maximum Gasteiger partial charge on any atom is 0.264 e. The van der Waals surface area contributed by atoms with Crippen molar-refractivity contribution >= 4 is 27.5 Å². The second kappa shape index (κ2) is 13.3. The first-order chi connectivity index (χ1) is 18.6. The summed E-state index contributed by atoms with van der Waals surface area (Å²) in [6.45, 7) is 7.36. The molecular formula is C30H37N3O5S. The Labute approximate surface area is 231 Å². The summed E-state index contributed by atoms with van der Waals surface area (Å²) >= 11 is 0. The van der Waals surface area contributed by atoms with Crippen molar-refractivity contribution in [2.45, 2.75) is 51.6 Å². The molecule has 3 aromatic rings. The number of hydrogen-bond donors (Lipinski definition) is 1. The standard InChI is InChI=1S/C30H37N3O5S/c1-6-18-31-30(35)24(4)32(20-25-11-9-12-26(19-25)38-5)29(34)21-33(28-13-8-7-10-23(28)3)39(36,37)27-16-14-22(2)15-17-27/h7-17,19,24H,6,18,20-21H2,1-5H3,(H,31,35)/t24-/m1/s1. The topological polar surface area (TPSA) is 96.0 Å². The summed E-state index contributed by atoms with van der Waals surface area (Å²) in [5.74, 6) is -0.195. The zero-order chi connectivity index (χ0) is 28.6. The molecule has 0 unspecified atom stereocenters. The molecule has 2 amide bonds. The van der Waals surface area contributed by atoms with Crippen molar-refractivity contribution in [3.05, 3.63) is 89.5 Å². The molecule has 8 nitrogen and oxygen atoms in total. The number of ether oxygens (including phenoxy) is 1. The van der Waals surface area contributed by atoms with E-state index >= 15 is 0 Å². The Morgan fingerprint density at radius 2 is 1.67 bits per heavy atom. The number of anilines is 1. The predicted molar refractivity (Wildman–Crippen MR) is 153 cm³/mol. The van der Waals surface area contributed by atoms with E-state index in [-0.39, 0.29) is 17.3 Å². The summed E-state index contributed by atoms with van der Waals surface area (Å²) in [6, 6.07) is 19.9. The number of aryl methyl sites for hydroxylation is 2. The maximum absolute atomic E-state index is 14.0. The highest BCUT2D eigenvalue weighted by Gasteiger charge is 2.33. The molecule has 0 radical (unpaired) electrons. The van der Waals surface area contributed by atoms with E-state index < -0.39 is 28.5 Å². The van der Waals surface area contributed by atoms with Gasteiger partial charge in [-0.3, -0.25) is 13.9 Å². The lowest BCUT2D eigenvalue weighted by molar-refractivity contribution is -0.139. The largest absolute Gasteiger partial charge is 0.497 e. The minimum atomic E-state index is -4.10. The molecule has 0 spiro atoms. The molecule has 0 aliphatic carbocycles. The number of para-hydroxylation sites is 1. The number of nitrogens with one attached hydrogen (secondary N) is 1. The SMILES string of the molecule is CCCNC(=O)[C@@H](C)N(Cc1cccc(OC)c1)C(=O)CN(c1ccccc1C)S(=O)(=O)c1ccc(C)cc1. The highest BCUT2D eigenvalue weighted by Crippen LogP contribution is 2.27. The monoisotopic (exact) mass is 551 g/mol. The van der Waals surface area contributed by atoms with E-state index in [9.17, 15) is 18.0 Å². The molecule has 0 aliphatic rings. The molecule has 39 heavy (non-hydrogen) atoms. The number of hydrogen-bond acceptors (Lipinski definition) is 5. The summed E-state index contributed by atoms with van der Waals surface area (Å²) in [5, 5.41) is 2.84. The molecule has 0 saturated heterocycles. The van der Waals surface area contributed by atoms with Crippen LogP contribution in [0.1, 0.15) is 37.0 Å². The highest BCUT2D eigenvalue weighted by atomic mass is 32.2. The molecule has 0 heterocycles. The van der Waals surface area contributed by atoms with Crippen LogP contribution in [0.5, 0.6) is 5.75 Å². The Hall–Kier alpha value is -3.85. The number of carbonyl (C=O) groups is 2. The van der Waals surface area contributed by atoms with Gasteiger partial charge in [-0.15, -0.1) is 0 Å². The van der Waals surface area contributed by atoms with Crippen molar-refractivity contribution in [3.8, 4) is 5.75 Å².